The summed E-state index contributed by atoms with van der Waals surface area (Å²) in [6, 6.07) is 3.15. The number of carbonyl (C=O) groups excluding carboxylic acids is 1. The maximum Gasteiger partial charge on any atom is 0.354 e. The molecular weight excluding hydrogens is 354 g/mol. The Morgan fingerprint density at radius 1 is 1.31 bits per heavy atom. The fourth-order valence-electron chi connectivity index (χ4n) is 2.34. The van der Waals surface area contributed by atoms with E-state index in [1.807, 2.05) is 17.1 Å². The van der Waals surface area contributed by atoms with Gasteiger partial charge in [-0.05, 0) is 37.7 Å². The van der Waals surface area contributed by atoms with Gasteiger partial charge < -0.3 is 10.4 Å². The predicted molar refractivity (Wildman–Crippen MR) is 98.8 cm³/mol. The molecule has 0 radical (unpaired) electrons. The highest BCUT2D eigenvalue weighted by atomic mass is 32.2. The van der Waals surface area contributed by atoms with Gasteiger partial charge in [-0.1, -0.05) is 5.21 Å². The Morgan fingerprint density at radius 2 is 2.15 bits per heavy atom. The molecule has 0 unspecified atom stereocenters. The number of hydrogen-bond acceptors (Lipinski definition) is 5. The van der Waals surface area contributed by atoms with Gasteiger partial charge in [-0.25, -0.2) is 9.78 Å². The number of hydrogen-bond donors (Lipinski definition) is 3. The van der Waals surface area contributed by atoms with Crippen LogP contribution in [0.2, 0.25) is 0 Å². The normalized spacial score (nSPS) is 10.7. The van der Waals surface area contributed by atoms with Gasteiger partial charge in [0, 0.05) is 30.0 Å². The second-order valence-corrected chi connectivity index (χ2v) is 6.80. The van der Waals surface area contributed by atoms with E-state index in [1.165, 1.54) is 12.3 Å². The topological polar surface area (TPSA) is 112 Å². The minimum atomic E-state index is -1.05. The summed E-state index contributed by atoms with van der Waals surface area (Å²) >= 11 is 1.67. The van der Waals surface area contributed by atoms with Crippen LogP contribution in [-0.4, -0.2) is 50.8 Å². The Hall–Kier alpha value is -2.42. The molecule has 2 aromatic heterocycles. The Balaban J connectivity index is 1.68. The molecule has 1 amide bonds. The van der Waals surface area contributed by atoms with Crippen molar-refractivity contribution < 1.29 is 19.4 Å². The second kappa shape index (κ2) is 10.5. The molecule has 0 aliphatic heterocycles. The lowest BCUT2D eigenvalue weighted by Crippen LogP contribution is -2.35. The van der Waals surface area contributed by atoms with Crippen LogP contribution in [0.15, 0.2) is 24.5 Å². The van der Waals surface area contributed by atoms with Crippen LogP contribution in [0.1, 0.15) is 36.2 Å². The molecule has 0 saturated carbocycles. The number of carbonyl (C=O) groups is 2. The lowest BCUT2D eigenvalue weighted by atomic mass is 10.2. The number of carboxylic acid groups (broad SMARTS) is 1. The van der Waals surface area contributed by atoms with Gasteiger partial charge in [0.15, 0.2) is 6.20 Å². The molecule has 0 spiro atoms. The summed E-state index contributed by atoms with van der Waals surface area (Å²) in [5.41, 5.74) is 1.49. The lowest BCUT2D eigenvalue weighted by Gasteiger charge is -2.03. The van der Waals surface area contributed by atoms with E-state index in [0.717, 1.165) is 42.8 Å². The first-order valence-electron chi connectivity index (χ1n) is 8.50. The molecule has 2 rings (SSSR count). The molecule has 0 bridgehead atoms. The molecular formula is C17H24N5O3S+. The van der Waals surface area contributed by atoms with Crippen molar-refractivity contribution in [1.29, 1.82) is 0 Å². The van der Waals surface area contributed by atoms with Crippen LogP contribution in [0.4, 0.5) is 0 Å². The van der Waals surface area contributed by atoms with Gasteiger partial charge >= 0.3 is 5.97 Å². The Morgan fingerprint density at radius 3 is 2.85 bits per heavy atom. The van der Waals surface area contributed by atoms with E-state index < -0.39 is 5.97 Å². The van der Waals surface area contributed by atoms with Crippen molar-refractivity contribution in [3.8, 4) is 11.3 Å². The van der Waals surface area contributed by atoms with Gasteiger partial charge in [0.05, 0.1) is 5.56 Å². The first kappa shape index (κ1) is 19.9. The molecule has 2 aromatic rings. The van der Waals surface area contributed by atoms with Crippen LogP contribution in [-0.2, 0) is 11.3 Å². The molecule has 3 N–H and O–H groups in total. The molecule has 2 heterocycles. The molecule has 0 atom stereocenters. The molecule has 0 saturated heterocycles. The molecule has 140 valence electrons. The van der Waals surface area contributed by atoms with Crippen LogP contribution < -0.4 is 10.00 Å². The monoisotopic (exact) mass is 378 g/mol. The van der Waals surface area contributed by atoms with Gasteiger partial charge in [-0.15, -0.1) is 0 Å². The van der Waals surface area contributed by atoms with Gasteiger partial charge in [0.2, 0.25) is 11.6 Å². The number of nitrogens with one attached hydrogen (secondary N) is 2. The highest BCUT2D eigenvalue weighted by Crippen LogP contribution is 2.13. The third-order valence-corrected chi connectivity index (χ3v) is 4.40. The van der Waals surface area contributed by atoms with Crippen molar-refractivity contribution in [2.24, 2.45) is 0 Å². The molecule has 0 aliphatic carbocycles. The zero-order valence-corrected chi connectivity index (χ0v) is 15.6. The van der Waals surface area contributed by atoms with Crippen LogP contribution >= 0.6 is 11.8 Å². The molecule has 26 heavy (non-hydrogen) atoms. The van der Waals surface area contributed by atoms with E-state index in [-0.39, 0.29) is 11.6 Å². The van der Waals surface area contributed by atoms with Gasteiger partial charge in [-0.2, -0.15) is 16.4 Å². The number of carboxylic acids is 1. The van der Waals surface area contributed by atoms with Crippen molar-refractivity contribution in [3.63, 3.8) is 0 Å². The maximum atomic E-state index is 11.5. The van der Waals surface area contributed by atoms with Crippen LogP contribution in [0.25, 0.3) is 11.3 Å². The summed E-state index contributed by atoms with van der Waals surface area (Å²) in [6.07, 6.45) is 8.89. The number of aromatic carboxylic acids is 1. The van der Waals surface area contributed by atoms with Crippen molar-refractivity contribution in [1.82, 2.24) is 20.6 Å². The van der Waals surface area contributed by atoms with E-state index in [4.69, 9.17) is 5.11 Å². The van der Waals surface area contributed by atoms with Crippen LogP contribution in [0.5, 0.6) is 0 Å². The number of amides is 1. The average molecular weight is 378 g/mol. The highest BCUT2D eigenvalue weighted by Gasteiger charge is 2.13. The predicted octanol–water partition coefficient (Wildman–Crippen LogP) is 1.50. The Bertz CT molecular complexity index is 717. The van der Waals surface area contributed by atoms with Crippen molar-refractivity contribution >= 4 is 23.6 Å². The van der Waals surface area contributed by atoms with Crippen molar-refractivity contribution in [2.45, 2.75) is 32.2 Å². The van der Waals surface area contributed by atoms with Crippen LogP contribution in [0, 0.1) is 0 Å². The second-order valence-electron chi connectivity index (χ2n) is 5.81. The zero-order valence-electron chi connectivity index (χ0n) is 14.8. The van der Waals surface area contributed by atoms with E-state index in [0.29, 0.717) is 13.0 Å². The largest absolute Gasteiger partial charge is 0.477 e. The van der Waals surface area contributed by atoms with Crippen molar-refractivity contribution in [3.05, 3.63) is 30.2 Å². The van der Waals surface area contributed by atoms with E-state index in [1.54, 1.807) is 17.8 Å². The van der Waals surface area contributed by atoms with Gasteiger partial charge in [0.25, 0.3) is 0 Å². The van der Waals surface area contributed by atoms with E-state index in [2.05, 4.69) is 20.6 Å². The van der Waals surface area contributed by atoms with Gasteiger partial charge in [0.1, 0.15) is 12.2 Å². The SMILES string of the molecule is CSCCC(=O)NCCCCC[n+]1cc(-c2ccc(C(=O)O)nc2)n[nH]1. The lowest BCUT2D eigenvalue weighted by molar-refractivity contribution is -0.753. The minimum Gasteiger partial charge on any atom is -0.477 e. The number of H-pyrrole nitrogens is 1. The van der Waals surface area contributed by atoms with E-state index in [9.17, 15) is 9.59 Å². The summed E-state index contributed by atoms with van der Waals surface area (Å²) in [4.78, 5) is 26.2. The van der Waals surface area contributed by atoms with E-state index >= 15 is 0 Å². The number of rotatable bonds is 11. The Labute approximate surface area is 156 Å². The summed E-state index contributed by atoms with van der Waals surface area (Å²) in [7, 11) is 0. The first-order chi connectivity index (χ1) is 12.6. The third kappa shape index (κ3) is 6.47. The smallest absolute Gasteiger partial charge is 0.354 e. The fraction of sp³-hybridized carbons (Fsp3) is 0.471. The third-order valence-electron chi connectivity index (χ3n) is 3.79. The summed E-state index contributed by atoms with van der Waals surface area (Å²) in [5, 5.41) is 18.9. The number of nitrogens with zero attached hydrogens (tertiary/aromatic N) is 3. The minimum absolute atomic E-state index is 0.0118. The molecule has 0 fully saturated rings. The van der Waals surface area contributed by atoms with Crippen molar-refractivity contribution in [2.75, 3.05) is 18.6 Å². The quantitative estimate of drug-likeness (QED) is 0.403. The number of pyridine rings is 1. The summed E-state index contributed by atoms with van der Waals surface area (Å²) < 4.78 is 1.89. The molecule has 0 aliphatic rings. The zero-order chi connectivity index (χ0) is 18.8. The number of aromatic nitrogens is 4. The summed E-state index contributed by atoms with van der Waals surface area (Å²) in [5.74, 6) is -0.0670. The number of thioether (sulfide) groups is 1. The first-order valence-corrected chi connectivity index (χ1v) is 9.89. The van der Waals surface area contributed by atoms with Crippen LogP contribution in [0.3, 0.4) is 0 Å². The standard InChI is InChI=1S/C17H23N5O3S/c1-26-10-7-16(23)18-8-3-2-4-9-22-12-15(20-21-22)13-5-6-14(17(24)25)19-11-13/h5-6,11-12H,2-4,7-10H2,1H3,(H2,18,23,24,25)/p+1. The number of aromatic amines is 1. The average Bonchev–Trinajstić information content (AvgIpc) is 3.11. The maximum absolute atomic E-state index is 11.5. The highest BCUT2D eigenvalue weighted by molar-refractivity contribution is 7.98. The molecule has 9 heteroatoms. The Kier molecular flexibility index (Phi) is 8.07. The van der Waals surface area contributed by atoms with Gasteiger partial charge in [-0.3, -0.25) is 4.79 Å². The fourth-order valence-corrected chi connectivity index (χ4v) is 2.73. The molecule has 8 nitrogen and oxygen atoms in total. The number of aryl methyl sites for hydroxylation is 1. The number of unbranched alkanes of at least 4 members (excludes halogenated alkanes) is 2. The molecule has 0 aromatic carbocycles. The summed E-state index contributed by atoms with van der Waals surface area (Å²) in [6.45, 7) is 1.52.